The number of hydrazone groups is 1. The number of nitrogens with one attached hydrogen (secondary N) is 1. The second-order valence-electron chi connectivity index (χ2n) is 6.03. The summed E-state index contributed by atoms with van der Waals surface area (Å²) in [7, 11) is 1.63. The zero-order valence-electron chi connectivity index (χ0n) is 16.0. The molecule has 0 aliphatic carbocycles. The Kier molecular flexibility index (Phi) is 6.80. The summed E-state index contributed by atoms with van der Waals surface area (Å²) in [6.07, 6.45) is 3.41. The van der Waals surface area contributed by atoms with Crippen LogP contribution in [0, 0.1) is 0 Å². The Hall–Kier alpha value is -3.39. The van der Waals surface area contributed by atoms with Crippen molar-refractivity contribution >= 4 is 23.4 Å². The van der Waals surface area contributed by atoms with Crippen molar-refractivity contribution in [1.82, 2.24) is 15.4 Å². The lowest BCUT2D eigenvalue weighted by molar-refractivity contribution is 0.0955. The number of ether oxygens (including phenoxy) is 1. The molecule has 3 aromatic rings. The summed E-state index contributed by atoms with van der Waals surface area (Å²) >= 11 is 1.51. The second kappa shape index (κ2) is 9.70. The van der Waals surface area contributed by atoms with Crippen molar-refractivity contribution in [2.75, 3.05) is 7.11 Å². The predicted molar refractivity (Wildman–Crippen MR) is 112 cm³/mol. The molecule has 1 heterocycles. The summed E-state index contributed by atoms with van der Waals surface area (Å²) in [4.78, 5) is 20.6. The Bertz CT molecular complexity index is 1010. The standard InChI is InChI=1S/C21H20N4O3S/c1-14(24-25-20(27)15-4-7-18(26)8-5-15)16-6-9-19(28-2)17(12-16)13-29-21-22-10-3-11-23-21/h3-12,26H,13H2,1-2H3,(H,25,27). The van der Waals surface area contributed by atoms with Crippen LogP contribution >= 0.6 is 11.8 Å². The van der Waals surface area contributed by atoms with E-state index < -0.39 is 0 Å². The molecule has 2 aromatic carbocycles. The maximum Gasteiger partial charge on any atom is 0.271 e. The van der Waals surface area contributed by atoms with E-state index in [0.717, 1.165) is 16.9 Å². The Balaban J connectivity index is 1.72. The average molecular weight is 408 g/mol. The predicted octanol–water partition coefficient (Wildman–Crippen LogP) is 3.64. The zero-order valence-corrected chi connectivity index (χ0v) is 16.8. The molecule has 0 bridgehead atoms. The molecule has 1 amide bonds. The number of carbonyl (C=O) groups excluding carboxylic acids is 1. The van der Waals surface area contributed by atoms with Crippen LogP contribution in [0.3, 0.4) is 0 Å². The van der Waals surface area contributed by atoms with Crippen LogP contribution in [-0.2, 0) is 5.75 Å². The maximum absolute atomic E-state index is 12.2. The normalized spacial score (nSPS) is 11.2. The van der Waals surface area contributed by atoms with Gasteiger partial charge in [0.05, 0.1) is 12.8 Å². The number of rotatable bonds is 7. The fourth-order valence-electron chi connectivity index (χ4n) is 2.50. The number of aromatic nitrogens is 2. The van der Waals surface area contributed by atoms with Crippen molar-refractivity contribution in [3.05, 3.63) is 77.6 Å². The second-order valence-corrected chi connectivity index (χ2v) is 6.97. The highest BCUT2D eigenvalue weighted by Crippen LogP contribution is 2.27. The Morgan fingerprint density at radius 1 is 1.14 bits per heavy atom. The van der Waals surface area contributed by atoms with E-state index in [1.54, 1.807) is 25.6 Å². The van der Waals surface area contributed by atoms with Crippen molar-refractivity contribution in [2.24, 2.45) is 5.10 Å². The van der Waals surface area contributed by atoms with Gasteiger partial charge in [0.2, 0.25) is 0 Å². The molecule has 0 aliphatic heterocycles. The molecule has 8 heteroatoms. The van der Waals surface area contributed by atoms with Gasteiger partial charge in [0, 0.05) is 29.3 Å². The average Bonchev–Trinajstić information content (AvgIpc) is 2.76. The van der Waals surface area contributed by atoms with E-state index in [2.05, 4.69) is 20.5 Å². The minimum absolute atomic E-state index is 0.103. The lowest BCUT2D eigenvalue weighted by Gasteiger charge is -2.10. The van der Waals surface area contributed by atoms with Gasteiger partial charge >= 0.3 is 0 Å². The Labute approximate surface area is 172 Å². The van der Waals surface area contributed by atoms with Gasteiger partial charge in [-0.15, -0.1) is 0 Å². The molecule has 0 aliphatic rings. The number of benzene rings is 2. The molecule has 29 heavy (non-hydrogen) atoms. The van der Waals surface area contributed by atoms with Crippen LogP contribution in [-0.4, -0.2) is 33.8 Å². The first-order valence-corrected chi connectivity index (χ1v) is 9.76. The van der Waals surface area contributed by atoms with E-state index in [4.69, 9.17) is 4.74 Å². The molecule has 0 atom stereocenters. The highest BCUT2D eigenvalue weighted by molar-refractivity contribution is 7.98. The van der Waals surface area contributed by atoms with E-state index in [-0.39, 0.29) is 11.7 Å². The minimum atomic E-state index is -0.352. The third-order valence-corrected chi connectivity index (χ3v) is 4.98. The molecule has 0 unspecified atom stereocenters. The molecule has 0 spiro atoms. The number of thioether (sulfide) groups is 1. The molecule has 0 saturated heterocycles. The topological polar surface area (TPSA) is 96.7 Å². The molecule has 2 N–H and O–H groups in total. The van der Waals surface area contributed by atoms with Gasteiger partial charge < -0.3 is 9.84 Å². The summed E-state index contributed by atoms with van der Waals surface area (Å²) in [5.74, 6) is 1.15. The molecule has 148 valence electrons. The summed E-state index contributed by atoms with van der Waals surface area (Å²) < 4.78 is 5.45. The number of phenols is 1. The number of amides is 1. The van der Waals surface area contributed by atoms with Crippen molar-refractivity contribution in [1.29, 1.82) is 0 Å². The fourth-order valence-corrected chi connectivity index (χ4v) is 3.28. The number of carbonyl (C=O) groups is 1. The molecule has 1 aromatic heterocycles. The SMILES string of the molecule is COc1ccc(C(C)=NNC(=O)c2ccc(O)cc2)cc1CSc1ncccn1. The molecule has 0 saturated carbocycles. The van der Waals surface area contributed by atoms with E-state index >= 15 is 0 Å². The number of hydrogen-bond acceptors (Lipinski definition) is 7. The van der Waals surface area contributed by atoms with Crippen molar-refractivity contribution < 1.29 is 14.6 Å². The van der Waals surface area contributed by atoms with Gasteiger partial charge in [-0.25, -0.2) is 15.4 Å². The highest BCUT2D eigenvalue weighted by atomic mass is 32.2. The van der Waals surface area contributed by atoms with Crippen molar-refractivity contribution in [2.45, 2.75) is 17.8 Å². The van der Waals surface area contributed by atoms with Crippen molar-refractivity contribution in [3.63, 3.8) is 0 Å². The highest BCUT2D eigenvalue weighted by Gasteiger charge is 2.09. The van der Waals surface area contributed by atoms with Gasteiger partial charge in [-0.1, -0.05) is 11.8 Å². The fraction of sp³-hybridized carbons (Fsp3) is 0.143. The number of hydrogen-bond donors (Lipinski definition) is 2. The van der Waals surface area contributed by atoms with Crippen LogP contribution in [0.4, 0.5) is 0 Å². The summed E-state index contributed by atoms with van der Waals surface area (Å²) in [6.45, 7) is 1.82. The van der Waals surface area contributed by atoms with E-state index in [1.165, 1.54) is 36.0 Å². The van der Waals surface area contributed by atoms with Gasteiger partial charge in [-0.2, -0.15) is 5.10 Å². The van der Waals surface area contributed by atoms with Gasteiger partial charge in [0.25, 0.3) is 5.91 Å². The summed E-state index contributed by atoms with van der Waals surface area (Å²) in [5.41, 5.74) is 5.44. The lowest BCUT2D eigenvalue weighted by atomic mass is 10.1. The number of phenolic OH excluding ortho intramolecular Hbond substituents is 1. The quantitative estimate of drug-likeness (QED) is 0.268. The van der Waals surface area contributed by atoms with Crippen LogP contribution < -0.4 is 10.2 Å². The number of aromatic hydroxyl groups is 1. The largest absolute Gasteiger partial charge is 0.508 e. The van der Waals surface area contributed by atoms with Gasteiger partial charge in [0.1, 0.15) is 11.5 Å². The van der Waals surface area contributed by atoms with Gasteiger partial charge in [-0.3, -0.25) is 4.79 Å². The molecule has 7 nitrogen and oxygen atoms in total. The van der Waals surface area contributed by atoms with Crippen LogP contribution in [0.2, 0.25) is 0 Å². The zero-order chi connectivity index (χ0) is 20.6. The number of nitrogens with zero attached hydrogens (tertiary/aromatic N) is 3. The van der Waals surface area contributed by atoms with E-state index in [0.29, 0.717) is 22.2 Å². The molecule has 3 rings (SSSR count). The van der Waals surface area contributed by atoms with Crippen LogP contribution in [0.5, 0.6) is 11.5 Å². The third kappa shape index (κ3) is 5.55. The summed E-state index contributed by atoms with van der Waals surface area (Å²) in [5, 5.41) is 14.2. The van der Waals surface area contributed by atoms with Gasteiger partial charge in [-0.05, 0) is 61.0 Å². The Morgan fingerprint density at radius 3 is 2.52 bits per heavy atom. The first kappa shape index (κ1) is 20.3. The Morgan fingerprint density at radius 2 is 1.83 bits per heavy atom. The molecular formula is C21H20N4O3S. The van der Waals surface area contributed by atoms with E-state index in [1.807, 2.05) is 25.1 Å². The summed E-state index contributed by atoms with van der Waals surface area (Å²) in [6, 6.07) is 13.5. The van der Waals surface area contributed by atoms with Crippen LogP contribution in [0.25, 0.3) is 0 Å². The van der Waals surface area contributed by atoms with Crippen molar-refractivity contribution in [3.8, 4) is 11.5 Å². The van der Waals surface area contributed by atoms with Crippen LogP contribution in [0.15, 0.2) is 71.2 Å². The molecule has 0 fully saturated rings. The first-order chi connectivity index (χ1) is 14.1. The number of methoxy groups -OCH3 is 1. The first-order valence-electron chi connectivity index (χ1n) is 8.77. The van der Waals surface area contributed by atoms with Crippen LogP contribution in [0.1, 0.15) is 28.4 Å². The molecular weight excluding hydrogens is 388 g/mol. The maximum atomic E-state index is 12.2. The van der Waals surface area contributed by atoms with Gasteiger partial charge in [0.15, 0.2) is 5.16 Å². The third-order valence-electron chi connectivity index (χ3n) is 4.05. The molecule has 0 radical (unpaired) electrons. The monoisotopic (exact) mass is 408 g/mol. The van der Waals surface area contributed by atoms with E-state index in [9.17, 15) is 9.90 Å². The smallest absolute Gasteiger partial charge is 0.271 e. The lowest BCUT2D eigenvalue weighted by Crippen LogP contribution is -2.19. The minimum Gasteiger partial charge on any atom is -0.508 e.